The molecule has 7 nitrogen and oxygen atoms in total. The van der Waals surface area contributed by atoms with Gasteiger partial charge in [0.25, 0.3) is 5.91 Å². The number of rotatable bonds is 5. The Kier molecular flexibility index (Phi) is 5.68. The highest BCUT2D eigenvalue weighted by Crippen LogP contribution is 2.34. The van der Waals surface area contributed by atoms with Crippen LogP contribution in [0.5, 0.6) is 5.75 Å². The first-order valence-corrected chi connectivity index (χ1v) is 9.14. The second-order valence-electron chi connectivity index (χ2n) is 6.46. The number of amides is 4. The topological polar surface area (TPSA) is 87.7 Å². The summed E-state index contributed by atoms with van der Waals surface area (Å²) in [6.45, 7) is 0.888. The Labute approximate surface area is 175 Å². The van der Waals surface area contributed by atoms with E-state index in [0.29, 0.717) is 16.5 Å². The fourth-order valence-electron chi connectivity index (χ4n) is 3.03. The van der Waals surface area contributed by atoms with E-state index >= 15 is 0 Å². The van der Waals surface area contributed by atoms with E-state index in [1.54, 1.807) is 12.1 Å². The van der Waals surface area contributed by atoms with Crippen LogP contribution in [-0.4, -0.2) is 36.4 Å². The summed E-state index contributed by atoms with van der Waals surface area (Å²) in [6, 6.07) is 7.36. The lowest BCUT2D eigenvalue weighted by molar-refractivity contribution is -0.133. The van der Waals surface area contributed by atoms with Gasteiger partial charge in [0.2, 0.25) is 5.91 Å². The number of hydrogen-bond acceptors (Lipinski definition) is 4. The van der Waals surface area contributed by atoms with Crippen molar-refractivity contribution in [1.29, 1.82) is 0 Å². The van der Waals surface area contributed by atoms with Crippen LogP contribution in [0.2, 0.25) is 10.0 Å². The van der Waals surface area contributed by atoms with E-state index in [1.165, 1.54) is 26.2 Å². The van der Waals surface area contributed by atoms with Crippen LogP contribution < -0.4 is 15.4 Å². The quantitative estimate of drug-likeness (QED) is 0.697. The molecule has 3 rings (SSSR count). The van der Waals surface area contributed by atoms with Gasteiger partial charge < -0.3 is 15.4 Å². The molecule has 29 heavy (non-hydrogen) atoms. The van der Waals surface area contributed by atoms with Crippen LogP contribution in [0.25, 0.3) is 0 Å². The number of halogens is 3. The van der Waals surface area contributed by atoms with Gasteiger partial charge in [0.15, 0.2) is 0 Å². The zero-order valence-electron chi connectivity index (χ0n) is 15.4. The Morgan fingerprint density at radius 2 is 1.97 bits per heavy atom. The average Bonchev–Trinajstić information content (AvgIpc) is 2.85. The molecule has 1 aliphatic heterocycles. The van der Waals surface area contributed by atoms with Gasteiger partial charge in [-0.1, -0.05) is 29.3 Å². The molecule has 1 atom stereocenters. The van der Waals surface area contributed by atoms with Gasteiger partial charge >= 0.3 is 6.03 Å². The number of hydrogen-bond donors (Lipinski definition) is 2. The average molecular weight is 440 g/mol. The van der Waals surface area contributed by atoms with Crippen LogP contribution in [0.15, 0.2) is 36.4 Å². The van der Waals surface area contributed by atoms with Crippen molar-refractivity contribution in [3.63, 3.8) is 0 Å². The second-order valence-corrected chi connectivity index (χ2v) is 7.31. The predicted molar refractivity (Wildman–Crippen MR) is 106 cm³/mol. The number of carbonyl (C=O) groups excluding carboxylic acids is 3. The molecule has 0 aliphatic carbocycles. The van der Waals surface area contributed by atoms with Gasteiger partial charge in [0, 0.05) is 15.6 Å². The van der Waals surface area contributed by atoms with Gasteiger partial charge in [-0.15, -0.1) is 0 Å². The fraction of sp³-hybridized carbons (Fsp3) is 0.211. The van der Waals surface area contributed by atoms with Crippen LogP contribution in [0.3, 0.4) is 0 Å². The lowest BCUT2D eigenvalue weighted by Crippen LogP contribution is -2.42. The summed E-state index contributed by atoms with van der Waals surface area (Å²) in [5.74, 6) is -1.54. The molecule has 152 valence electrons. The number of ether oxygens (including phenoxy) is 1. The first-order valence-electron chi connectivity index (χ1n) is 8.38. The van der Waals surface area contributed by atoms with E-state index < -0.39 is 35.7 Å². The van der Waals surface area contributed by atoms with E-state index in [9.17, 15) is 18.8 Å². The van der Waals surface area contributed by atoms with Crippen molar-refractivity contribution in [2.24, 2.45) is 0 Å². The summed E-state index contributed by atoms with van der Waals surface area (Å²) in [5, 5.41) is 5.42. The normalized spacial score (nSPS) is 18.6. The van der Waals surface area contributed by atoms with Crippen molar-refractivity contribution in [2.75, 3.05) is 19.0 Å². The number of nitrogens with zero attached hydrogens (tertiary/aromatic N) is 1. The zero-order valence-corrected chi connectivity index (χ0v) is 16.9. The van der Waals surface area contributed by atoms with Gasteiger partial charge in [-0.3, -0.25) is 14.5 Å². The monoisotopic (exact) mass is 439 g/mol. The number of methoxy groups -OCH3 is 1. The highest BCUT2D eigenvalue weighted by Gasteiger charge is 2.50. The van der Waals surface area contributed by atoms with Gasteiger partial charge in [-0.25, -0.2) is 9.18 Å². The Hall–Kier alpha value is -2.84. The maximum Gasteiger partial charge on any atom is 0.325 e. The lowest BCUT2D eigenvalue weighted by atomic mass is 9.92. The molecule has 0 aromatic heterocycles. The minimum absolute atomic E-state index is 0.0175. The molecule has 0 bridgehead atoms. The van der Waals surface area contributed by atoms with Crippen molar-refractivity contribution in [3.05, 3.63) is 57.8 Å². The Morgan fingerprint density at radius 1 is 1.24 bits per heavy atom. The third-order valence-corrected chi connectivity index (χ3v) is 5.03. The number of carbonyl (C=O) groups is 3. The van der Waals surface area contributed by atoms with Crippen molar-refractivity contribution in [1.82, 2.24) is 10.2 Å². The number of nitrogens with one attached hydrogen (secondary N) is 2. The molecule has 4 amide bonds. The zero-order chi connectivity index (χ0) is 21.3. The molecule has 2 aromatic carbocycles. The maximum absolute atomic E-state index is 13.3. The Morgan fingerprint density at radius 3 is 2.62 bits per heavy atom. The number of urea groups is 1. The largest absolute Gasteiger partial charge is 0.495 e. The SMILES string of the molecule is COc1ccc(Cl)cc1NC(=O)CN1C(=O)NC(C)(c2ccc(F)cc2Cl)C1=O. The van der Waals surface area contributed by atoms with E-state index in [0.717, 1.165) is 17.0 Å². The van der Waals surface area contributed by atoms with Crippen LogP contribution in [-0.2, 0) is 15.1 Å². The van der Waals surface area contributed by atoms with Crippen LogP contribution >= 0.6 is 23.2 Å². The smallest absolute Gasteiger partial charge is 0.325 e. The minimum Gasteiger partial charge on any atom is -0.495 e. The molecule has 1 unspecified atom stereocenters. The molecule has 0 saturated carbocycles. The summed E-state index contributed by atoms with van der Waals surface area (Å²) in [7, 11) is 1.42. The Balaban J connectivity index is 1.80. The highest BCUT2D eigenvalue weighted by molar-refractivity contribution is 6.32. The fourth-order valence-corrected chi connectivity index (χ4v) is 3.56. The molecular formula is C19H16Cl2FN3O4. The van der Waals surface area contributed by atoms with Crippen LogP contribution in [0, 0.1) is 5.82 Å². The second kappa shape index (κ2) is 7.88. The van der Waals surface area contributed by atoms with E-state index in [4.69, 9.17) is 27.9 Å². The third kappa shape index (κ3) is 3.99. The molecule has 1 fully saturated rings. The van der Waals surface area contributed by atoms with E-state index in [1.807, 2.05) is 0 Å². The summed E-state index contributed by atoms with van der Waals surface area (Å²) >= 11 is 12.0. The molecule has 1 saturated heterocycles. The molecule has 10 heteroatoms. The summed E-state index contributed by atoms with van der Waals surface area (Å²) < 4.78 is 18.5. The van der Waals surface area contributed by atoms with Crippen molar-refractivity contribution in [2.45, 2.75) is 12.5 Å². The standard InChI is InChI=1S/C19H16Cl2FN3O4/c1-19(12-5-4-11(22)8-13(12)21)17(27)25(18(28)24-19)9-16(26)23-14-7-10(20)3-6-15(14)29-2/h3-8H,9H2,1-2H3,(H,23,26)(H,24,28). The molecule has 0 radical (unpaired) electrons. The lowest BCUT2D eigenvalue weighted by Gasteiger charge is -2.23. The van der Waals surface area contributed by atoms with Crippen molar-refractivity contribution in [3.8, 4) is 5.75 Å². The minimum atomic E-state index is -1.53. The molecule has 2 aromatic rings. The van der Waals surface area contributed by atoms with Crippen LogP contribution in [0.1, 0.15) is 12.5 Å². The molecular weight excluding hydrogens is 424 g/mol. The van der Waals surface area contributed by atoms with Gasteiger partial charge in [0.1, 0.15) is 23.7 Å². The van der Waals surface area contributed by atoms with Crippen molar-refractivity contribution >= 4 is 46.7 Å². The van der Waals surface area contributed by atoms with Gasteiger partial charge in [-0.05, 0) is 37.3 Å². The molecule has 1 aliphatic rings. The number of imide groups is 1. The van der Waals surface area contributed by atoms with Gasteiger partial charge in [0.05, 0.1) is 12.8 Å². The Bertz CT molecular complexity index is 1020. The number of anilines is 1. The van der Waals surface area contributed by atoms with E-state index in [2.05, 4.69) is 10.6 Å². The summed E-state index contributed by atoms with van der Waals surface area (Å²) in [6.07, 6.45) is 0. The van der Waals surface area contributed by atoms with Crippen molar-refractivity contribution < 1.29 is 23.5 Å². The first-order chi connectivity index (χ1) is 13.7. The highest BCUT2D eigenvalue weighted by atomic mass is 35.5. The van der Waals surface area contributed by atoms with E-state index in [-0.39, 0.29) is 10.6 Å². The summed E-state index contributed by atoms with van der Waals surface area (Å²) in [4.78, 5) is 38.5. The van der Waals surface area contributed by atoms with Crippen LogP contribution in [0.4, 0.5) is 14.9 Å². The number of benzene rings is 2. The molecule has 0 spiro atoms. The predicted octanol–water partition coefficient (Wildman–Crippen LogP) is 3.55. The first kappa shape index (κ1) is 20.9. The van der Waals surface area contributed by atoms with Gasteiger partial charge in [-0.2, -0.15) is 0 Å². The summed E-state index contributed by atoms with van der Waals surface area (Å²) in [5.41, 5.74) is -1.02. The molecule has 2 N–H and O–H groups in total. The maximum atomic E-state index is 13.3. The molecule has 1 heterocycles. The third-order valence-electron chi connectivity index (χ3n) is 4.48.